The van der Waals surface area contributed by atoms with Gasteiger partial charge in [-0.05, 0) is 55.3 Å². The van der Waals surface area contributed by atoms with Crippen molar-refractivity contribution in [2.75, 3.05) is 31.6 Å². The molecule has 0 atom stereocenters. The van der Waals surface area contributed by atoms with Gasteiger partial charge >= 0.3 is 6.36 Å². The number of methoxy groups -OCH3 is 2. The van der Waals surface area contributed by atoms with Crippen LogP contribution in [-0.4, -0.2) is 53.0 Å². The molecule has 0 saturated carbocycles. The first-order valence-corrected chi connectivity index (χ1v) is 13.4. The van der Waals surface area contributed by atoms with E-state index in [-0.39, 0.29) is 10.6 Å². The summed E-state index contributed by atoms with van der Waals surface area (Å²) in [5.74, 6) is 0.777. The summed E-state index contributed by atoms with van der Waals surface area (Å²) in [5.41, 5.74) is 1.12. The molecule has 0 aliphatic carbocycles. The first-order valence-electron chi connectivity index (χ1n) is 12.0. The highest BCUT2D eigenvalue weighted by molar-refractivity contribution is 7.92. The molecule has 204 valence electrons. The van der Waals surface area contributed by atoms with Gasteiger partial charge in [-0.3, -0.25) is 9.21 Å². The number of likely N-dealkylation sites (tertiary alicyclic amines) is 1. The fourth-order valence-electron chi connectivity index (χ4n) is 4.61. The molecule has 38 heavy (non-hydrogen) atoms. The Kier molecular flexibility index (Phi) is 8.37. The lowest BCUT2D eigenvalue weighted by Gasteiger charge is -2.39. The number of anilines is 1. The smallest absolute Gasteiger partial charge is 0.497 e. The van der Waals surface area contributed by atoms with Crippen LogP contribution in [0.2, 0.25) is 0 Å². The Morgan fingerprint density at radius 3 is 2.21 bits per heavy atom. The van der Waals surface area contributed by atoms with E-state index in [9.17, 15) is 21.6 Å². The molecule has 4 rings (SSSR count). The lowest BCUT2D eigenvalue weighted by atomic mass is 10.0. The van der Waals surface area contributed by atoms with Crippen molar-refractivity contribution in [3.8, 4) is 17.2 Å². The fourth-order valence-corrected chi connectivity index (χ4v) is 6.31. The number of sulfonamides is 1. The van der Waals surface area contributed by atoms with E-state index in [1.165, 1.54) is 47.8 Å². The Bertz CT molecular complexity index is 1330. The van der Waals surface area contributed by atoms with Gasteiger partial charge in [0, 0.05) is 37.3 Å². The van der Waals surface area contributed by atoms with Gasteiger partial charge in [0.1, 0.15) is 17.2 Å². The van der Waals surface area contributed by atoms with Crippen molar-refractivity contribution in [1.29, 1.82) is 0 Å². The number of para-hydroxylation sites is 1. The zero-order chi connectivity index (χ0) is 27.3. The van der Waals surface area contributed by atoms with E-state index >= 15 is 0 Å². The fraction of sp³-hybridized carbons (Fsp3) is 0.333. The molecule has 1 heterocycles. The Hall–Kier alpha value is -3.44. The molecule has 0 bridgehead atoms. The molecule has 11 heteroatoms. The third-order valence-corrected chi connectivity index (χ3v) is 8.29. The quantitative estimate of drug-likeness (QED) is 0.353. The summed E-state index contributed by atoms with van der Waals surface area (Å²) >= 11 is 0. The van der Waals surface area contributed by atoms with Crippen LogP contribution in [0.4, 0.5) is 18.9 Å². The second kappa shape index (κ2) is 11.5. The van der Waals surface area contributed by atoms with Crippen LogP contribution in [0.25, 0.3) is 0 Å². The topological polar surface area (TPSA) is 68.3 Å². The largest absolute Gasteiger partial charge is 0.573 e. The van der Waals surface area contributed by atoms with E-state index in [1.54, 1.807) is 7.11 Å². The number of hydrogen-bond acceptors (Lipinski definition) is 6. The predicted octanol–water partition coefficient (Wildman–Crippen LogP) is 5.46. The second-order valence-electron chi connectivity index (χ2n) is 8.84. The molecule has 7 nitrogen and oxygen atoms in total. The maximum absolute atomic E-state index is 13.9. The number of piperidine rings is 1. The van der Waals surface area contributed by atoms with Crippen LogP contribution >= 0.6 is 0 Å². The first kappa shape index (κ1) is 27.6. The molecule has 1 aliphatic rings. The van der Waals surface area contributed by atoms with Crippen molar-refractivity contribution in [3.05, 3.63) is 78.4 Å². The van der Waals surface area contributed by atoms with Crippen molar-refractivity contribution < 1.29 is 35.8 Å². The summed E-state index contributed by atoms with van der Waals surface area (Å²) in [6, 6.07) is 18.2. The summed E-state index contributed by atoms with van der Waals surface area (Å²) < 4.78 is 82.3. The number of ether oxygens (including phenoxy) is 3. The molecular weight excluding hydrogens is 521 g/mol. The van der Waals surface area contributed by atoms with Crippen LogP contribution in [-0.2, 0) is 16.6 Å². The summed E-state index contributed by atoms with van der Waals surface area (Å²) in [4.78, 5) is 2.22. The van der Waals surface area contributed by atoms with Crippen molar-refractivity contribution in [3.63, 3.8) is 0 Å². The van der Waals surface area contributed by atoms with Crippen molar-refractivity contribution in [2.24, 2.45) is 0 Å². The van der Waals surface area contributed by atoms with Gasteiger partial charge in [0.25, 0.3) is 10.0 Å². The average Bonchev–Trinajstić information content (AvgIpc) is 2.89. The number of benzene rings is 3. The summed E-state index contributed by atoms with van der Waals surface area (Å²) in [5, 5.41) is 0. The zero-order valence-corrected chi connectivity index (χ0v) is 21.8. The van der Waals surface area contributed by atoms with Gasteiger partial charge < -0.3 is 14.2 Å². The highest BCUT2D eigenvalue weighted by Crippen LogP contribution is 2.35. The first-order chi connectivity index (χ1) is 18.1. The van der Waals surface area contributed by atoms with E-state index < -0.39 is 28.2 Å². The minimum atomic E-state index is -4.90. The number of alkyl halides is 3. The highest BCUT2D eigenvalue weighted by Gasteiger charge is 2.36. The average molecular weight is 551 g/mol. The van der Waals surface area contributed by atoms with Gasteiger partial charge in [-0.1, -0.05) is 24.3 Å². The van der Waals surface area contributed by atoms with Crippen molar-refractivity contribution >= 4 is 15.7 Å². The van der Waals surface area contributed by atoms with Gasteiger partial charge in [0.15, 0.2) is 0 Å². The lowest BCUT2D eigenvalue weighted by molar-refractivity contribution is -0.274. The molecule has 0 aromatic heterocycles. The molecular formula is C27H29F3N2O5S. The summed E-state index contributed by atoms with van der Waals surface area (Å²) in [7, 11) is -1.04. The SMILES string of the molecule is COc1ccc(S(=O)(=O)N(c2cccc(OC(F)(F)F)c2)C2CCN(Cc3ccccc3OC)CC2)cc1. The van der Waals surface area contributed by atoms with Crippen molar-refractivity contribution in [2.45, 2.75) is 36.7 Å². The Balaban J connectivity index is 1.62. The molecule has 0 unspecified atom stereocenters. The van der Waals surface area contributed by atoms with Crippen LogP contribution in [0.5, 0.6) is 17.2 Å². The Morgan fingerprint density at radius 2 is 1.58 bits per heavy atom. The van der Waals surface area contributed by atoms with Gasteiger partial charge in [0.05, 0.1) is 24.8 Å². The molecule has 1 aliphatic heterocycles. The van der Waals surface area contributed by atoms with Crippen LogP contribution in [0.15, 0.2) is 77.7 Å². The van der Waals surface area contributed by atoms with Gasteiger partial charge in [-0.2, -0.15) is 0 Å². The number of rotatable bonds is 9. The minimum absolute atomic E-state index is 0.0110. The summed E-state index contributed by atoms with van der Waals surface area (Å²) in [6.45, 7) is 1.82. The standard InChI is InChI=1S/C27H29F3N2O5S/c1-35-23-10-12-25(13-11-23)38(33,34)32(22-7-5-8-24(18-22)37-27(28,29)30)21-14-16-31(17-15-21)19-20-6-3-4-9-26(20)36-2/h3-13,18,21H,14-17,19H2,1-2H3. The second-order valence-corrected chi connectivity index (χ2v) is 10.7. The Labute approximate surface area is 220 Å². The number of halogens is 3. The van der Waals surface area contributed by atoms with E-state index in [0.717, 1.165) is 23.4 Å². The van der Waals surface area contributed by atoms with Gasteiger partial charge in [0.2, 0.25) is 0 Å². The third kappa shape index (κ3) is 6.51. The van der Waals surface area contributed by atoms with Crippen LogP contribution in [0, 0.1) is 0 Å². The van der Waals surface area contributed by atoms with Crippen LogP contribution in [0.1, 0.15) is 18.4 Å². The van der Waals surface area contributed by atoms with Crippen LogP contribution in [0.3, 0.4) is 0 Å². The molecule has 0 spiro atoms. The van der Waals surface area contributed by atoms with Crippen LogP contribution < -0.4 is 18.5 Å². The van der Waals surface area contributed by atoms with Gasteiger partial charge in [-0.25, -0.2) is 8.42 Å². The van der Waals surface area contributed by atoms with E-state index in [2.05, 4.69) is 9.64 Å². The summed E-state index contributed by atoms with van der Waals surface area (Å²) in [6.07, 6.45) is -3.94. The number of hydrogen-bond donors (Lipinski definition) is 0. The number of nitrogens with zero attached hydrogens (tertiary/aromatic N) is 2. The molecule has 3 aromatic rings. The molecule has 3 aromatic carbocycles. The monoisotopic (exact) mass is 550 g/mol. The normalized spacial score (nSPS) is 15.2. The third-order valence-electron chi connectivity index (χ3n) is 6.40. The van der Waals surface area contributed by atoms with Crippen molar-refractivity contribution in [1.82, 2.24) is 4.90 Å². The minimum Gasteiger partial charge on any atom is -0.497 e. The highest BCUT2D eigenvalue weighted by atomic mass is 32.2. The van der Waals surface area contributed by atoms with E-state index in [4.69, 9.17) is 9.47 Å². The molecule has 1 saturated heterocycles. The molecule has 0 radical (unpaired) electrons. The van der Waals surface area contributed by atoms with Gasteiger partial charge in [-0.15, -0.1) is 13.2 Å². The molecule has 0 amide bonds. The Morgan fingerprint density at radius 1 is 0.895 bits per heavy atom. The van der Waals surface area contributed by atoms with E-state index in [0.29, 0.717) is 38.2 Å². The maximum atomic E-state index is 13.9. The zero-order valence-electron chi connectivity index (χ0n) is 21.0. The molecule has 1 fully saturated rings. The lowest BCUT2D eigenvalue weighted by Crippen LogP contribution is -2.47. The maximum Gasteiger partial charge on any atom is 0.573 e. The van der Waals surface area contributed by atoms with E-state index in [1.807, 2.05) is 24.3 Å². The predicted molar refractivity (Wildman–Crippen MR) is 137 cm³/mol. The molecule has 0 N–H and O–H groups in total.